The predicted octanol–water partition coefficient (Wildman–Crippen LogP) is 1.26. The Balaban J connectivity index is 1.71. The van der Waals surface area contributed by atoms with E-state index in [-0.39, 0.29) is 5.60 Å². The lowest BCUT2D eigenvalue weighted by Crippen LogP contribution is -2.57. The van der Waals surface area contributed by atoms with Crippen LogP contribution in [0.3, 0.4) is 0 Å². The molecule has 5 nitrogen and oxygen atoms in total. The van der Waals surface area contributed by atoms with Crippen LogP contribution in [0.2, 0.25) is 0 Å². The standard InChI is InChI=1S/C14H23NO4/c16-13(17)12-10-18-8-6-15(12)11-3-7-19-14(9-11)4-1-2-5-14/h11-12H,1-10H2,(H,16,17). The van der Waals surface area contributed by atoms with Gasteiger partial charge >= 0.3 is 5.97 Å². The maximum atomic E-state index is 11.4. The van der Waals surface area contributed by atoms with Crippen molar-refractivity contribution in [3.63, 3.8) is 0 Å². The molecule has 0 aromatic rings. The summed E-state index contributed by atoms with van der Waals surface area (Å²) in [6.07, 6.45) is 6.73. The molecule has 19 heavy (non-hydrogen) atoms. The summed E-state index contributed by atoms with van der Waals surface area (Å²) in [4.78, 5) is 13.5. The summed E-state index contributed by atoms with van der Waals surface area (Å²) >= 11 is 0. The van der Waals surface area contributed by atoms with Crippen molar-refractivity contribution in [2.24, 2.45) is 0 Å². The van der Waals surface area contributed by atoms with E-state index in [1.54, 1.807) is 0 Å². The topological polar surface area (TPSA) is 59.0 Å². The first-order chi connectivity index (χ1) is 9.20. The quantitative estimate of drug-likeness (QED) is 0.818. The number of aliphatic carboxylic acids is 1. The lowest BCUT2D eigenvalue weighted by atomic mass is 9.87. The van der Waals surface area contributed by atoms with Gasteiger partial charge in [-0.2, -0.15) is 0 Å². The van der Waals surface area contributed by atoms with Gasteiger partial charge in [0, 0.05) is 19.2 Å². The molecule has 0 amide bonds. The van der Waals surface area contributed by atoms with Gasteiger partial charge in [-0.3, -0.25) is 9.69 Å². The summed E-state index contributed by atoms with van der Waals surface area (Å²) in [5.41, 5.74) is 0.0459. The minimum Gasteiger partial charge on any atom is -0.480 e. The first kappa shape index (κ1) is 13.3. The Bertz CT molecular complexity index is 340. The van der Waals surface area contributed by atoms with Crippen LogP contribution in [0.1, 0.15) is 38.5 Å². The number of rotatable bonds is 2. The Hall–Kier alpha value is -0.650. The van der Waals surface area contributed by atoms with Crippen molar-refractivity contribution >= 4 is 5.97 Å². The SMILES string of the molecule is O=C(O)C1COCCN1C1CCOC2(CCCC2)C1. The van der Waals surface area contributed by atoms with Crippen LogP contribution in [0.25, 0.3) is 0 Å². The van der Waals surface area contributed by atoms with E-state index in [0.29, 0.717) is 19.3 Å². The Morgan fingerprint density at radius 1 is 1.26 bits per heavy atom. The highest BCUT2D eigenvalue weighted by molar-refractivity contribution is 5.73. The largest absolute Gasteiger partial charge is 0.480 e. The molecule has 0 radical (unpaired) electrons. The zero-order valence-corrected chi connectivity index (χ0v) is 11.3. The average Bonchev–Trinajstić information content (AvgIpc) is 2.86. The normalized spacial score (nSPS) is 35.6. The van der Waals surface area contributed by atoms with Gasteiger partial charge in [-0.25, -0.2) is 0 Å². The minimum atomic E-state index is -0.758. The molecule has 108 valence electrons. The molecular weight excluding hydrogens is 246 g/mol. The van der Waals surface area contributed by atoms with Gasteiger partial charge in [0.2, 0.25) is 0 Å². The molecule has 3 aliphatic rings. The van der Waals surface area contributed by atoms with E-state index in [2.05, 4.69) is 4.90 Å². The fourth-order valence-corrected chi connectivity index (χ4v) is 3.92. The number of morpholine rings is 1. The van der Waals surface area contributed by atoms with Gasteiger partial charge in [-0.15, -0.1) is 0 Å². The molecule has 2 saturated heterocycles. The number of carboxylic acid groups (broad SMARTS) is 1. The zero-order valence-electron chi connectivity index (χ0n) is 11.3. The third kappa shape index (κ3) is 2.64. The number of carbonyl (C=O) groups is 1. The zero-order chi connectivity index (χ0) is 13.3. The Labute approximate surface area is 113 Å². The maximum absolute atomic E-state index is 11.4. The van der Waals surface area contributed by atoms with Crippen molar-refractivity contribution in [3.8, 4) is 0 Å². The van der Waals surface area contributed by atoms with E-state index in [1.165, 1.54) is 12.8 Å². The summed E-state index contributed by atoms with van der Waals surface area (Å²) in [6, 6.07) is -0.132. The summed E-state index contributed by atoms with van der Waals surface area (Å²) in [5, 5.41) is 9.34. The van der Waals surface area contributed by atoms with Crippen molar-refractivity contribution in [2.45, 2.75) is 56.2 Å². The molecule has 0 aromatic carbocycles. The minimum absolute atomic E-state index is 0.0459. The molecule has 2 atom stereocenters. The predicted molar refractivity (Wildman–Crippen MR) is 69.1 cm³/mol. The van der Waals surface area contributed by atoms with Gasteiger partial charge in [-0.05, 0) is 25.7 Å². The van der Waals surface area contributed by atoms with Crippen molar-refractivity contribution in [3.05, 3.63) is 0 Å². The molecule has 1 aliphatic carbocycles. The van der Waals surface area contributed by atoms with Crippen LogP contribution in [0.4, 0.5) is 0 Å². The second-order valence-electron chi connectivity index (χ2n) is 6.05. The lowest BCUT2D eigenvalue weighted by molar-refractivity contribution is -0.159. The third-order valence-corrected chi connectivity index (χ3v) is 4.91. The van der Waals surface area contributed by atoms with Crippen LogP contribution in [0.5, 0.6) is 0 Å². The van der Waals surface area contributed by atoms with Gasteiger partial charge in [0.05, 0.1) is 18.8 Å². The van der Waals surface area contributed by atoms with Crippen LogP contribution in [-0.4, -0.2) is 60.0 Å². The smallest absolute Gasteiger partial charge is 0.323 e. The molecule has 2 heterocycles. The molecule has 1 saturated carbocycles. The molecule has 0 bridgehead atoms. The number of hydrogen-bond acceptors (Lipinski definition) is 4. The van der Waals surface area contributed by atoms with Crippen molar-refractivity contribution in [2.75, 3.05) is 26.4 Å². The van der Waals surface area contributed by atoms with Gasteiger partial charge < -0.3 is 14.6 Å². The fraction of sp³-hybridized carbons (Fsp3) is 0.929. The second kappa shape index (κ2) is 5.38. The van der Waals surface area contributed by atoms with Crippen LogP contribution < -0.4 is 0 Å². The molecule has 0 aromatic heterocycles. The molecular formula is C14H23NO4. The highest BCUT2D eigenvalue weighted by atomic mass is 16.5. The van der Waals surface area contributed by atoms with E-state index >= 15 is 0 Å². The lowest BCUT2D eigenvalue weighted by Gasteiger charge is -2.46. The summed E-state index contributed by atoms with van der Waals surface area (Å²) in [6.45, 7) is 2.47. The average molecular weight is 269 g/mol. The second-order valence-corrected chi connectivity index (χ2v) is 6.05. The van der Waals surface area contributed by atoms with Crippen molar-refractivity contribution in [1.82, 2.24) is 4.90 Å². The Morgan fingerprint density at radius 2 is 2.05 bits per heavy atom. The van der Waals surface area contributed by atoms with E-state index in [1.807, 2.05) is 0 Å². The summed E-state index contributed by atoms with van der Waals surface area (Å²) in [5.74, 6) is -0.758. The van der Waals surface area contributed by atoms with Crippen LogP contribution in [-0.2, 0) is 14.3 Å². The van der Waals surface area contributed by atoms with Crippen LogP contribution in [0.15, 0.2) is 0 Å². The first-order valence-corrected chi connectivity index (χ1v) is 7.40. The van der Waals surface area contributed by atoms with E-state index in [0.717, 1.165) is 38.8 Å². The Kier molecular flexibility index (Phi) is 3.78. The van der Waals surface area contributed by atoms with E-state index in [9.17, 15) is 9.90 Å². The monoisotopic (exact) mass is 269 g/mol. The van der Waals surface area contributed by atoms with Gasteiger partial charge in [0.1, 0.15) is 6.04 Å². The third-order valence-electron chi connectivity index (χ3n) is 4.91. The molecule has 1 N–H and O–H groups in total. The van der Waals surface area contributed by atoms with E-state index in [4.69, 9.17) is 9.47 Å². The molecule has 3 rings (SSSR count). The van der Waals surface area contributed by atoms with Crippen molar-refractivity contribution in [1.29, 1.82) is 0 Å². The summed E-state index contributed by atoms with van der Waals surface area (Å²) in [7, 11) is 0. The molecule has 2 aliphatic heterocycles. The molecule has 3 fully saturated rings. The van der Waals surface area contributed by atoms with Crippen LogP contribution in [0, 0.1) is 0 Å². The Morgan fingerprint density at radius 3 is 2.79 bits per heavy atom. The summed E-state index contributed by atoms with van der Waals surface area (Å²) < 4.78 is 11.4. The van der Waals surface area contributed by atoms with Gasteiger partial charge in [0.15, 0.2) is 0 Å². The fourth-order valence-electron chi connectivity index (χ4n) is 3.92. The molecule has 5 heteroatoms. The number of hydrogen-bond donors (Lipinski definition) is 1. The van der Waals surface area contributed by atoms with Crippen molar-refractivity contribution < 1.29 is 19.4 Å². The van der Waals surface area contributed by atoms with Crippen LogP contribution >= 0.6 is 0 Å². The van der Waals surface area contributed by atoms with Gasteiger partial charge in [0.25, 0.3) is 0 Å². The van der Waals surface area contributed by atoms with E-state index < -0.39 is 12.0 Å². The maximum Gasteiger partial charge on any atom is 0.323 e. The molecule has 1 spiro atoms. The number of ether oxygens (including phenoxy) is 2. The first-order valence-electron chi connectivity index (χ1n) is 7.40. The number of carboxylic acids is 1. The highest BCUT2D eigenvalue weighted by Crippen LogP contribution is 2.41. The highest BCUT2D eigenvalue weighted by Gasteiger charge is 2.44. The molecule has 2 unspecified atom stereocenters. The number of nitrogens with zero attached hydrogens (tertiary/aromatic N) is 1. The van der Waals surface area contributed by atoms with Gasteiger partial charge in [-0.1, -0.05) is 12.8 Å².